The molecule has 0 unspecified atom stereocenters. The number of hydrogen-bond donors (Lipinski definition) is 1. The number of aliphatic carboxylic acids is 1. The molecule has 0 atom stereocenters. The van der Waals surface area contributed by atoms with Gasteiger partial charge in [-0.15, -0.1) is 0 Å². The second kappa shape index (κ2) is 7.56. The van der Waals surface area contributed by atoms with Gasteiger partial charge in [-0.1, -0.05) is 54.6 Å². The lowest BCUT2D eigenvalue weighted by molar-refractivity contribution is -0.131. The van der Waals surface area contributed by atoms with Gasteiger partial charge in [-0.25, -0.2) is 4.79 Å². The smallest absolute Gasteiger partial charge is 0.328 e. The van der Waals surface area contributed by atoms with Crippen molar-refractivity contribution >= 4 is 23.8 Å². The molecule has 0 spiro atoms. The number of carboxylic acid groups (broad SMARTS) is 1. The highest BCUT2D eigenvalue weighted by Gasteiger charge is 1.96. The lowest BCUT2D eigenvalue weighted by Gasteiger charge is -2.03. The van der Waals surface area contributed by atoms with Gasteiger partial charge in [0.15, 0.2) is 0 Å². The minimum absolute atomic E-state index is 0.907. The van der Waals surface area contributed by atoms with E-state index in [9.17, 15) is 4.79 Å². The van der Waals surface area contributed by atoms with E-state index in [2.05, 4.69) is 24.3 Å². The van der Waals surface area contributed by atoms with Crippen molar-refractivity contribution in [1.29, 1.82) is 0 Å². The van der Waals surface area contributed by atoms with E-state index in [1.54, 1.807) is 6.08 Å². The Morgan fingerprint density at radius 3 is 2.15 bits per heavy atom. The second-order valence-electron chi connectivity index (χ2n) is 4.39. The second-order valence-corrected chi connectivity index (χ2v) is 5.38. The Morgan fingerprint density at radius 1 is 0.950 bits per heavy atom. The predicted molar refractivity (Wildman–Crippen MR) is 84.6 cm³/mol. The van der Waals surface area contributed by atoms with E-state index in [-0.39, 0.29) is 0 Å². The first kappa shape index (κ1) is 14.4. The number of hydrogen-bond acceptors (Lipinski definition) is 2. The molecule has 0 amide bonds. The Bertz CT molecular complexity index is 574. The minimum atomic E-state index is -0.924. The predicted octanol–water partition coefficient (Wildman–Crippen LogP) is 4.22. The lowest BCUT2D eigenvalue weighted by Crippen LogP contribution is -1.86. The van der Waals surface area contributed by atoms with Crippen molar-refractivity contribution in [3.63, 3.8) is 0 Å². The average molecular weight is 284 g/mol. The van der Waals surface area contributed by atoms with Gasteiger partial charge >= 0.3 is 5.97 Å². The molecule has 0 bridgehead atoms. The Labute approximate surface area is 123 Å². The van der Waals surface area contributed by atoms with Crippen molar-refractivity contribution in [1.82, 2.24) is 0 Å². The standard InChI is InChI=1S/C17H16O2S/c18-17(19)11-10-14-6-8-16(9-7-14)13-20-12-15-4-2-1-3-5-15/h1-11H,12-13H2,(H,18,19). The van der Waals surface area contributed by atoms with Gasteiger partial charge in [0, 0.05) is 17.6 Å². The van der Waals surface area contributed by atoms with Gasteiger partial charge in [0.2, 0.25) is 0 Å². The SMILES string of the molecule is O=C(O)C=Cc1ccc(CSCc2ccccc2)cc1. The molecule has 0 aliphatic rings. The van der Waals surface area contributed by atoms with Crippen LogP contribution in [0.4, 0.5) is 0 Å². The molecule has 1 N–H and O–H groups in total. The highest BCUT2D eigenvalue weighted by atomic mass is 32.2. The van der Waals surface area contributed by atoms with Crippen LogP contribution in [0.1, 0.15) is 16.7 Å². The normalized spacial score (nSPS) is 10.8. The quantitative estimate of drug-likeness (QED) is 0.807. The summed E-state index contributed by atoms with van der Waals surface area (Å²) in [6, 6.07) is 18.4. The molecule has 0 radical (unpaired) electrons. The first-order valence-corrected chi connectivity index (χ1v) is 7.51. The van der Waals surface area contributed by atoms with Crippen molar-refractivity contribution in [2.45, 2.75) is 11.5 Å². The number of carbonyl (C=O) groups is 1. The minimum Gasteiger partial charge on any atom is -0.478 e. The van der Waals surface area contributed by atoms with Gasteiger partial charge < -0.3 is 5.11 Å². The molecule has 0 aliphatic carbocycles. The Balaban J connectivity index is 1.83. The monoisotopic (exact) mass is 284 g/mol. The molecule has 20 heavy (non-hydrogen) atoms. The van der Waals surface area contributed by atoms with Gasteiger partial charge in [-0.3, -0.25) is 0 Å². The molecule has 0 saturated carbocycles. The molecule has 3 heteroatoms. The fourth-order valence-electron chi connectivity index (χ4n) is 1.75. The fraction of sp³-hybridized carbons (Fsp3) is 0.118. The van der Waals surface area contributed by atoms with Gasteiger partial charge in [-0.2, -0.15) is 11.8 Å². The maximum Gasteiger partial charge on any atom is 0.328 e. The third-order valence-corrected chi connectivity index (χ3v) is 3.85. The lowest BCUT2D eigenvalue weighted by atomic mass is 10.1. The van der Waals surface area contributed by atoms with Gasteiger partial charge in [-0.05, 0) is 22.8 Å². The highest BCUT2D eigenvalue weighted by Crippen LogP contribution is 2.18. The van der Waals surface area contributed by atoms with Crippen LogP contribution in [0.15, 0.2) is 60.7 Å². The maximum absolute atomic E-state index is 10.4. The van der Waals surface area contributed by atoms with Crippen molar-refractivity contribution in [2.24, 2.45) is 0 Å². The zero-order valence-electron chi connectivity index (χ0n) is 11.0. The van der Waals surface area contributed by atoms with Crippen LogP contribution < -0.4 is 0 Å². The zero-order valence-corrected chi connectivity index (χ0v) is 11.8. The first-order valence-electron chi connectivity index (χ1n) is 6.35. The van der Waals surface area contributed by atoms with E-state index in [1.807, 2.05) is 42.1 Å². The van der Waals surface area contributed by atoms with Crippen LogP contribution in [-0.2, 0) is 16.3 Å². The van der Waals surface area contributed by atoms with Crippen LogP contribution in [0.5, 0.6) is 0 Å². The van der Waals surface area contributed by atoms with Crippen molar-refractivity contribution in [3.8, 4) is 0 Å². The van der Waals surface area contributed by atoms with Crippen molar-refractivity contribution < 1.29 is 9.90 Å². The Kier molecular flexibility index (Phi) is 5.44. The third kappa shape index (κ3) is 4.94. The van der Waals surface area contributed by atoms with Gasteiger partial charge in [0.05, 0.1) is 0 Å². The largest absolute Gasteiger partial charge is 0.478 e. The van der Waals surface area contributed by atoms with Crippen LogP contribution in [0, 0.1) is 0 Å². The summed E-state index contributed by atoms with van der Waals surface area (Å²) in [5.41, 5.74) is 3.49. The van der Waals surface area contributed by atoms with E-state index in [0.29, 0.717) is 0 Å². The Morgan fingerprint density at radius 2 is 1.55 bits per heavy atom. The van der Waals surface area contributed by atoms with E-state index in [1.165, 1.54) is 11.1 Å². The van der Waals surface area contributed by atoms with Crippen LogP contribution in [0.2, 0.25) is 0 Å². The van der Waals surface area contributed by atoms with Crippen LogP contribution in [-0.4, -0.2) is 11.1 Å². The van der Waals surface area contributed by atoms with E-state index >= 15 is 0 Å². The molecule has 0 aromatic heterocycles. The van der Waals surface area contributed by atoms with Crippen LogP contribution in [0.3, 0.4) is 0 Å². The van der Waals surface area contributed by atoms with Crippen LogP contribution >= 0.6 is 11.8 Å². The number of carboxylic acids is 1. The summed E-state index contributed by atoms with van der Waals surface area (Å²) >= 11 is 1.87. The molecule has 2 nitrogen and oxygen atoms in total. The molecular weight excluding hydrogens is 268 g/mol. The topological polar surface area (TPSA) is 37.3 Å². The van der Waals surface area contributed by atoms with Crippen molar-refractivity contribution in [2.75, 3.05) is 0 Å². The van der Waals surface area contributed by atoms with Gasteiger partial charge in [0.25, 0.3) is 0 Å². The number of thioether (sulfide) groups is 1. The molecule has 0 heterocycles. The molecule has 0 saturated heterocycles. The average Bonchev–Trinajstić information content (AvgIpc) is 2.47. The summed E-state index contributed by atoms with van der Waals surface area (Å²) in [6.45, 7) is 0. The van der Waals surface area contributed by atoms with Gasteiger partial charge in [0.1, 0.15) is 0 Å². The molecule has 0 fully saturated rings. The summed E-state index contributed by atoms with van der Waals surface area (Å²) in [5, 5.41) is 8.56. The zero-order chi connectivity index (χ0) is 14.2. The fourth-order valence-corrected chi connectivity index (χ4v) is 2.71. The number of rotatable bonds is 6. The first-order chi connectivity index (χ1) is 9.74. The summed E-state index contributed by atoms with van der Waals surface area (Å²) in [4.78, 5) is 10.4. The van der Waals surface area contributed by atoms with Crippen molar-refractivity contribution in [3.05, 3.63) is 77.4 Å². The summed E-state index contributed by atoms with van der Waals surface area (Å²) in [6.07, 6.45) is 2.75. The van der Waals surface area contributed by atoms with E-state index in [4.69, 9.17) is 5.11 Å². The number of benzene rings is 2. The van der Waals surface area contributed by atoms with E-state index in [0.717, 1.165) is 23.1 Å². The molecule has 2 aromatic rings. The van der Waals surface area contributed by atoms with E-state index < -0.39 is 5.97 Å². The molecule has 0 aliphatic heterocycles. The van der Waals surface area contributed by atoms with Crippen LogP contribution in [0.25, 0.3) is 6.08 Å². The highest BCUT2D eigenvalue weighted by molar-refractivity contribution is 7.97. The summed E-state index contributed by atoms with van der Waals surface area (Å²) < 4.78 is 0. The summed E-state index contributed by atoms with van der Waals surface area (Å²) in [7, 11) is 0. The molecular formula is C17H16O2S. The molecule has 102 valence electrons. The summed E-state index contributed by atoms with van der Waals surface area (Å²) in [5.74, 6) is 1.03. The third-order valence-electron chi connectivity index (χ3n) is 2.78. The Hall–Kier alpha value is -2.00. The molecule has 2 rings (SSSR count). The maximum atomic E-state index is 10.4. The molecule has 2 aromatic carbocycles.